The molecule has 1 fully saturated rings. The second-order valence-electron chi connectivity index (χ2n) is 14.7. The van der Waals surface area contributed by atoms with E-state index in [2.05, 4.69) is 14.8 Å². The molecule has 21 heteroatoms. The summed E-state index contributed by atoms with van der Waals surface area (Å²) < 4.78 is 36.9. The van der Waals surface area contributed by atoms with E-state index >= 15 is 0 Å². The average Bonchev–Trinajstić information content (AvgIpc) is 3.30. The molecule has 2 heterocycles. The van der Waals surface area contributed by atoms with Crippen molar-refractivity contribution in [1.82, 2.24) is 14.8 Å². The van der Waals surface area contributed by atoms with Crippen LogP contribution in [0.25, 0.3) is 53.9 Å². The van der Waals surface area contributed by atoms with Gasteiger partial charge in [-0.1, -0.05) is 12.1 Å². The van der Waals surface area contributed by atoms with Gasteiger partial charge in [0.1, 0.15) is 35.9 Å². The van der Waals surface area contributed by atoms with Crippen LogP contribution in [0, 0.1) is 6.92 Å². The van der Waals surface area contributed by atoms with Crippen LogP contribution >= 0.6 is 0 Å². The molecule has 6 aromatic rings. The van der Waals surface area contributed by atoms with E-state index in [1.165, 1.54) is 57.4 Å². The number of ether oxygens (including phenoxy) is 7. The van der Waals surface area contributed by atoms with Crippen LogP contribution in [0.1, 0.15) is 12.6 Å². The Morgan fingerprint density at radius 2 is 1.25 bits per heavy atom. The van der Waals surface area contributed by atoms with Gasteiger partial charge in [0.15, 0.2) is 30.7 Å². The zero-order valence-corrected chi connectivity index (χ0v) is 35.4. The topological polar surface area (TPSA) is 273 Å². The summed E-state index contributed by atoms with van der Waals surface area (Å²) in [5, 5.41) is -0.975. The summed E-state index contributed by atoms with van der Waals surface area (Å²) in [7, 11) is 4.45. The number of esters is 4. The monoisotopic (exact) mass is 895 g/mol. The Morgan fingerprint density at radius 3 is 1.91 bits per heavy atom. The van der Waals surface area contributed by atoms with E-state index < -0.39 is 130 Å². The predicted molar refractivity (Wildman–Crippen MR) is 228 cm³/mol. The summed E-state index contributed by atoms with van der Waals surface area (Å²) in [6.45, 7) is -0.661. The van der Waals surface area contributed by atoms with Crippen LogP contribution in [-0.4, -0.2) is 112 Å². The van der Waals surface area contributed by atoms with Crippen LogP contribution in [0.5, 0.6) is 17.2 Å². The van der Waals surface area contributed by atoms with Gasteiger partial charge in [-0.15, -0.1) is 0 Å². The number of piperazine rings is 1. The van der Waals surface area contributed by atoms with E-state index in [1.807, 2.05) is 0 Å². The number of aryl methyl sites for hydroxylation is 1. The summed E-state index contributed by atoms with van der Waals surface area (Å²) in [6.07, 6.45) is 0. The first-order chi connectivity index (χ1) is 31.0. The number of nitrogens with zero attached hydrogens (tertiary/aromatic N) is 2. The van der Waals surface area contributed by atoms with Gasteiger partial charge in [0.2, 0.25) is 22.7 Å². The molecule has 2 unspecified atom stereocenters. The highest BCUT2D eigenvalue weighted by Crippen LogP contribution is 2.44. The second-order valence-corrected chi connectivity index (χ2v) is 14.7. The van der Waals surface area contributed by atoms with Gasteiger partial charge in [-0.2, -0.15) is 0 Å². The zero-order chi connectivity index (χ0) is 47.2. The fourth-order valence-electron chi connectivity index (χ4n) is 7.88. The zero-order valence-electron chi connectivity index (χ0n) is 35.4. The van der Waals surface area contributed by atoms with E-state index in [0.717, 1.165) is 30.8 Å². The molecule has 0 spiro atoms. The highest BCUT2D eigenvalue weighted by molar-refractivity contribution is 6.23. The maximum atomic E-state index is 14.9. The van der Waals surface area contributed by atoms with E-state index in [4.69, 9.17) is 23.7 Å². The van der Waals surface area contributed by atoms with Gasteiger partial charge >= 0.3 is 23.9 Å². The predicted octanol–water partition coefficient (Wildman–Crippen LogP) is -0.217. The van der Waals surface area contributed by atoms with Crippen LogP contribution < -0.4 is 46.8 Å². The van der Waals surface area contributed by atoms with E-state index in [0.29, 0.717) is 0 Å². The number of benzene rings is 5. The average molecular weight is 896 g/mol. The Hall–Kier alpha value is -8.23. The van der Waals surface area contributed by atoms with Crippen molar-refractivity contribution < 1.29 is 61.9 Å². The Morgan fingerprint density at radius 1 is 0.646 bits per heavy atom. The number of methoxy groups -OCH3 is 4. The summed E-state index contributed by atoms with van der Waals surface area (Å²) in [6, 6.07) is 5.32. The van der Waals surface area contributed by atoms with Crippen LogP contribution in [0.2, 0.25) is 0 Å². The van der Waals surface area contributed by atoms with Crippen molar-refractivity contribution in [2.45, 2.75) is 32.5 Å². The highest BCUT2D eigenvalue weighted by atomic mass is 16.6. The molecule has 1 aromatic heterocycles. The van der Waals surface area contributed by atoms with Gasteiger partial charge in [0.05, 0.1) is 56.5 Å². The third-order valence-electron chi connectivity index (χ3n) is 11.1. The molecule has 5 aromatic carbocycles. The largest absolute Gasteiger partial charge is 0.495 e. The highest BCUT2D eigenvalue weighted by Gasteiger charge is 2.39. The fourth-order valence-corrected chi connectivity index (χ4v) is 7.88. The molecule has 336 valence electrons. The Bertz CT molecular complexity index is 3370. The molecule has 2 atom stereocenters. The molecule has 1 N–H and O–H groups in total. The lowest BCUT2D eigenvalue weighted by molar-refractivity contribution is -0.161. The minimum Gasteiger partial charge on any atom is -0.495 e. The number of amides is 2. The molecule has 21 nitrogen and oxygen atoms in total. The molecule has 65 heavy (non-hydrogen) atoms. The molecule has 1 aliphatic heterocycles. The molecular weight excluding hydrogens is 858 g/mol. The third-order valence-corrected chi connectivity index (χ3v) is 11.1. The van der Waals surface area contributed by atoms with E-state index in [-0.39, 0.29) is 54.9 Å². The third kappa shape index (κ3) is 7.59. The summed E-state index contributed by atoms with van der Waals surface area (Å²) in [5.41, 5.74) is -4.63. The van der Waals surface area contributed by atoms with Crippen molar-refractivity contribution in [3.05, 3.63) is 93.3 Å². The van der Waals surface area contributed by atoms with Crippen molar-refractivity contribution in [1.29, 1.82) is 0 Å². The number of fused-ring (bicyclic) bond motifs is 6. The lowest BCUT2D eigenvalue weighted by atomic mass is 9.91. The molecule has 0 saturated carbocycles. The second kappa shape index (κ2) is 17.5. The molecule has 0 radical (unpaired) electrons. The van der Waals surface area contributed by atoms with Gasteiger partial charge in [0, 0.05) is 38.0 Å². The number of carbonyl (C=O) groups excluding carboxylic acids is 6. The molecule has 2 amide bonds. The normalized spacial score (nSPS) is 14.9. The van der Waals surface area contributed by atoms with Gasteiger partial charge in [0.25, 0.3) is 5.56 Å². The number of hydrogen-bond acceptors (Lipinski definition) is 18. The van der Waals surface area contributed by atoms with E-state index in [1.54, 1.807) is 0 Å². The molecule has 0 aliphatic carbocycles. The Labute approximate surface area is 363 Å². The van der Waals surface area contributed by atoms with Gasteiger partial charge in [-0.25, -0.2) is 19.2 Å². The van der Waals surface area contributed by atoms with Crippen molar-refractivity contribution in [2.75, 3.05) is 54.8 Å². The van der Waals surface area contributed by atoms with Crippen molar-refractivity contribution in [3.63, 3.8) is 0 Å². The van der Waals surface area contributed by atoms with Crippen LogP contribution in [0.4, 0.5) is 0 Å². The smallest absolute Gasteiger partial charge is 0.344 e. The summed E-state index contributed by atoms with van der Waals surface area (Å²) in [5.74, 6) is -6.15. The number of rotatable bonds is 12. The minimum atomic E-state index is -1.39. The first kappa shape index (κ1) is 44.8. The maximum Gasteiger partial charge on any atom is 0.344 e. The standard InChI is InChI=1S/C44H37N3O18/c1-18-12-23-33(43(57)46(18)14-26(48)47-13-24(45-42(56)19(47)2)44(58)65-17-29(51)61-5)39(55)31-21(36(23)52)10-11-22-32(31)41(64-16-28(50)60-4)34-35(40(22)62-6)38(54)30-20(37(34)53)8-7-9-25(30)63-15-27(49)59-3/h7-12,19,24H,13-17H2,1-6H3,(H,45,56). The van der Waals surface area contributed by atoms with Crippen LogP contribution in [0.15, 0.2) is 60.4 Å². The molecule has 0 bridgehead atoms. The number of aromatic nitrogens is 1. The SMILES string of the molecule is COC(=O)COC(=O)C1CN(C(=O)Cn2c(C)cc3c(=O)c4ccc5c(OC)c6c(=O)c7c(OCC(=O)OC)cccc7c(=O)c6c(OCC(=O)OC)c5c4c(=O)c3c2=O)C(C)C(=O)N1. The lowest BCUT2D eigenvalue weighted by Gasteiger charge is -2.36. The maximum absolute atomic E-state index is 14.9. The van der Waals surface area contributed by atoms with Gasteiger partial charge in [-0.05, 0) is 38.1 Å². The van der Waals surface area contributed by atoms with Gasteiger partial charge < -0.3 is 47.9 Å². The Kier molecular flexibility index (Phi) is 12.1. The van der Waals surface area contributed by atoms with Crippen molar-refractivity contribution >= 4 is 89.6 Å². The Balaban J connectivity index is 1.47. The quantitative estimate of drug-likeness (QED) is 0.0720. The first-order valence-electron chi connectivity index (χ1n) is 19.5. The first-order valence-corrected chi connectivity index (χ1v) is 19.5. The molecular formula is C44H37N3O18. The lowest BCUT2D eigenvalue weighted by Crippen LogP contribution is -2.63. The number of carbonyl (C=O) groups is 6. The fraction of sp³-hybridized carbons (Fsp3) is 0.295. The van der Waals surface area contributed by atoms with E-state index in [9.17, 15) is 52.7 Å². The number of pyridine rings is 1. The van der Waals surface area contributed by atoms with Gasteiger partial charge in [-0.3, -0.25) is 33.6 Å². The van der Waals surface area contributed by atoms with Crippen molar-refractivity contribution in [2.24, 2.45) is 0 Å². The number of hydrogen-bond donors (Lipinski definition) is 1. The summed E-state index contributed by atoms with van der Waals surface area (Å²) in [4.78, 5) is 150. The van der Waals surface area contributed by atoms with Crippen molar-refractivity contribution in [3.8, 4) is 17.2 Å². The molecule has 1 aliphatic rings. The summed E-state index contributed by atoms with van der Waals surface area (Å²) >= 11 is 0. The molecule has 1 saturated heterocycles. The van der Waals surface area contributed by atoms with Crippen LogP contribution in [-0.2, 0) is 54.3 Å². The van der Waals surface area contributed by atoms with Crippen LogP contribution in [0.3, 0.4) is 0 Å². The molecule has 7 rings (SSSR count). The number of nitrogens with one attached hydrogen (secondary N) is 1. The minimum absolute atomic E-state index is 0.0613.